The van der Waals surface area contributed by atoms with Crippen LogP contribution in [0.5, 0.6) is 11.5 Å². The van der Waals surface area contributed by atoms with Crippen molar-refractivity contribution in [3.8, 4) is 11.5 Å². The number of benzene rings is 8. The number of azo groups is 2. The van der Waals surface area contributed by atoms with E-state index < -0.39 is 0 Å². The minimum absolute atomic E-state index is 0.153. The molecule has 0 N–H and O–H groups in total. The van der Waals surface area contributed by atoms with Gasteiger partial charge in [0.15, 0.2) is 23.1 Å². The largest absolute Gasteiger partial charge is 0.494 e. The van der Waals surface area contributed by atoms with Gasteiger partial charge in [-0.3, -0.25) is 19.2 Å². The Labute approximate surface area is 388 Å². The summed E-state index contributed by atoms with van der Waals surface area (Å²) in [4.78, 5) is 59.0. The number of carbonyl (C=O) groups is 4. The standard InChI is InChI=1S/C52H36Cl2N6O6/c1-59(43-19-11-9-17-41(43)53)51(63)39-25-29-13-5-7-15-33(29)45(49(39)65-3)57-55-31-21-23-35-37(27-31)47(61)36-24-22-32(28-38(36)48(35)62)56-58-46-34-16-8-6-14-30(34)26-40(50(46)66-4)52(64)60(2)44-20-12-10-18-42(44)54/h5-28H,1-4H3. The van der Waals surface area contributed by atoms with E-state index in [2.05, 4.69) is 20.5 Å². The van der Waals surface area contributed by atoms with E-state index in [4.69, 9.17) is 32.7 Å². The van der Waals surface area contributed by atoms with Gasteiger partial charge in [0.25, 0.3) is 11.8 Å². The van der Waals surface area contributed by atoms with Crippen LogP contribution in [0.15, 0.2) is 166 Å². The summed E-state index contributed by atoms with van der Waals surface area (Å²) in [5.74, 6) is -1.14. The molecular weight excluding hydrogens is 876 g/mol. The average Bonchev–Trinajstić information content (AvgIpc) is 3.35. The van der Waals surface area contributed by atoms with Crippen LogP contribution >= 0.6 is 23.2 Å². The average molecular weight is 912 g/mol. The van der Waals surface area contributed by atoms with E-state index in [1.54, 1.807) is 86.9 Å². The zero-order chi connectivity index (χ0) is 46.2. The van der Waals surface area contributed by atoms with Crippen LogP contribution in [-0.2, 0) is 0 Å². The van der Waals surface area contributed by atoms with Gasteiger partial charge < -0.3 is 19.3 Å². The van der Waals surface area contributed by atoms with Crippen LogP contribution in [-0.4, -0.2) is 51.7 Å². The first kappa shape index (κ1) is 43.2. The Bertz CT molecular complexity index is 3180. The Kier molecular flexibility index (Phi) is 11.7. The summed E-state index contributed by atoms with van der Waals surface area (Å²) >= 11 is 12.9. The van der Waals surface area contributed by atoms with Gasteiger partial charge in [-0.05, 0) is 83.6 Å². The fraction of sp³-hybridized carbons (Fsp3) is 0.0769. The number of para-hydroxylation sites is 2. The number of ketones is 2. The summed E-state index contributed by atoms with van der Waals surface area (Å²) in [5.41, 5.74) is 3.36. The smallest absolute Gasteiger partial charge is 0.261 e. The molecule has 8 aromatic rings. The number of halogens is 2. The second-order valence-corrected chi connectivity index (χ2v) is 16.0. The lowest BCUT2D eigenvalue weighted by atomic mass is 9.83. The van der Waals surface area contributed by atoms with Crippen LogP contribution < -0.4 is 19.3 Å². The highest BCUT2D eigenvalue weighted by molar-refractivity contribution is 6.35. The van der Waals surface area contributed by atoms with Crippen molar-refractivity contribution < 1.29 is 28.7 Å². The number of nitrogens with zero attached hydrogens (tertiary/aromatic N) is 6. The molecule has 9 rings (SSSR count). The van der Waals surface area contributed by atoms with Crippen molar-refractivity contribution in [2.45, 2.75) is 0 Å². The van der Waals surface area contributed by atoms with Crippen molar-refractivity contribution in [2.75, 3.05) is 38.1 Å². The molecule has 0 radical (unpaired) electrons. The van der Waals surface area contributed by atoms with Crippen LogP contribution in [0.1, 0.15) is 52.6 Å². The van der Waals surface area contributed by atoms with E-state index in [0.717, 1.165) is 10.8 Å². The van der Waals surface area contributed by atoms with E-state index in [9.17, 15) is 19.2 Å². The molecular formula is C52H36Cl2N6O6. The number of anilines is 2. The SMILES string of the molecule is COc1c(C(=O)N(C)c2ccccc2Cl)cc2ccccc2c1N=Nc1ccc2c(c1)C(=O)c1ccc(N=Nc3c(OC)c(C(=O)N(C)c4ccccc4Cl)cc4ccccc34)cc1C2=O. The van der Waals surface area contributed by atoms with Crippen molar-refractivity contribution in [1.29, 1.82) is 0 Å². The highest BCUT2D eigenvalue weighted by Crippen LogP contribution is 2.44. The van der Waals surface area contributed by atoms with Gasteiger partial charge in [-0.2, -0.15) is 10.2 Å². The molecule has 0 bridgehead atoms. The number of hydrogen-bond acceptors (Lipinski definition) is 10. The first-order valence-corrected chi connectivity index (χ1v) is 21.2. The molecule has 0 fully saturated rings. The third-order valence-electron chi connectivity index (χ3n) is 11.4. The molecule has 0 saturated heterocycles. The van der Waals surface area contributed by atoms with E-state index in [1.807, 2.05) is 48.5 Å². The summed E-state index contributed by atoms with van der Waals surface area (Å²) in [6.07, 6.45) is 0. The maximum atomic E-state index is 14.1. The Hall–Kier alpha value is -8.06. The van der Waals surface area contributed by atoms with Crippen LogP contribution in [0, 0.1) is 0 Å². The van der Waals surface area contributed by atoms with Crippen molar-refractivity contribution in [2.24, 2.45) is 20.5 Å². The van der Waals surface area contributed by atoms with E-state index in [-0.39, 0.29) is 68.3 Å². The lowest BCUT2D eigenvalue weighted by molar-refractivity contribution is 0.0979. The number of methoxy groups -OCH3 is 2. The Morgan fingerprint density at radius 3 is 1.24 bits per heavy atom. The molecule has 1 aliphatic carbocycles. The molecule has 66 heavy (non-hydrogen) atoms. The van der Waals surface area contributed by atoms with Gasteiger partial charge in [-0.25, -0.2) is 0 Å². The number of amides is 2. The predicted molar refractivity (Wildman–Crippen MR) is 257 cm³/mol. The quantitative estimate of drug-likeness (QED) is 0.125. The van der Waals surface area contributed by atoms with Crippen molar-refractivity contribution >= 4 is 102 Å². The fourth-order valence-electron chi connectivity index (χ4n) is 8.04. The predicted octanol–water partition coefficient (Wildman–Crippen LogP) is 13.5. The Morgan fingerprint density at radius 1 is 0.470 bits per heavy atom. The molecule has 0 spiro atoms. The molecule has 12 nitrogen and oxygen atoms in total. The minimum atomic E-state index is -0.389. The zero-order valence-electron chi connectivity index (χ0n) is 35.7. The molecule has 0 aliphatic heterocycles. The van der Waals surface area contributed by atoms with E-state index >= 15 is 0 Å². The van der Waals surface area contributed by atoms with Crippen LogP contribution in [0.25, 0.3) is 21.5 Å². The fourth-order valence-corrected chi connectivity index (χ4v) is 8.57. The van der Waals surface area contributed by atoms with Crippen LogP contribution in [0.2, 0.25) is 10.0 Å². The number of ether oxygens (including phenoxy) is 2. The Morgan fingerprint density at radius 2 is 0.848 bits per heavy atom. The van der Waals surface area contributed by atoms with Gasteiger partial charge in [-0.1, -0.05) is 96.0 Å². The number of rotatable bonds is 10. The van der Waals surface area contributed by atoms with Gasteiger partial charge >= 0.3 is 0 Å². The summed E-state index contributed by atoms with van der Waals surface area (Å²) in [6, 6.07) is 41.6. The third-order valence-corrected chi connectivity index (χ3v) is 12.0. The Balaban J connectivity index is 1.03. The normalized spacial score (nSPS) is 12.2. The van der Waals surface area contributed by atoms with Crippen molar-refractivity contribution in [3.05, 3.63) is 189 Å². The number of carbonyl (C=O) groups excluding carboxylic acids is 4. The van der Waals surface area contributed by atoms with Gasteiger partial charge in [0.1, 0.15) is 11.4 Å². The first-order chi connectivity index (χ1) is 32.0. The molecule has 14 heteroatoms. The molecule has 8 aromatic carbocycles. The second kappa shape index (κ2) is 17.8. The topological polar surface area (TPSA) is 143 Å². The number of hydrogen-bond donors (Lipinski definition) is 0. The highest BCUT2D eigenvalue weighted by atomic mass is 35.5. The summed E-state index contributed by atoms with van der Waals surface area (Å²) < 4.78 is 11.6. The van der Waals surface area contributed by atoms with Gasteiger partial charge in [0, 0.05) is 47.1 Å². The monoisotopic (exact) mass is 910 g/mol. The van der Waals surface area contributed by atoms with Gasteiger partial charge in [0.2, 0.25) is 0 Å². The van der Waals surface area contributed by atoms with E-state index in [1.165, 1.54) is 48.3 Å². The van der Waals surface area contributed by atoms with E-state index in [0.29, 0.717) is 54.9 Å². The minimum Gasteiger partial charge on any atom is -0.494 e. The van der Waals surface area contributed by atoms with Gasteiger partial charge in [-0.15, -0.1) is 10.2 Å². The van der Waals surface area contributed by atoms with Crippen LogP contribution in [0.3, 0.4) is 0 Å². The first-order valence-electron chi connectivity index (χ1n) is 20.4. The lowest BCUT2D eigenvalue weighted by Crippen LogP contribution is -2.27. The highest BCUT2D eigenvalue weighted by Gasteiger charge is 2.31. The third kappa shape index (κ3) is 7.71. The van der Waals surface area contributed by atoms with Crippen molar-refractivity contribution in [1.82, 2.24) is 0 Å². The van der Waals surface area contributed by atoms with Crippen molar-refractivity contribution in [3.63, 3.8) is 0 Å². The number of fused-ring (bicyclic) bond motifs is 4. The van der Waals surface area contributed by atoms with Gasteiger partial charge in [0.05, 0.1) is 58.1 Å². The molecule has 2 amide bonds. The maximum Gasteiger partial charge on any atom is 0.261 e. The van der Waals surface area contributed by atoms with Crippen LogP contribution in [0.4, 0.5) is 34.1 Å². The second-order valence-electron chi connectivity index (χ2n) is 15.2. The zero-order valence-corrected chi connectivity index (χ0v) is 37.3. The summed E-state index contributed by atoms with van der Waals surface area (Å²) in [6.45, 7) is 0. The molecule has 0 heterocycles. The maximum absolute atomic E-state index is 14.1. The molecule has 0 unspecified atom stereocenters. The molecule has 0 atom stereocenters. The summed E-state index contributed by atoms with van der Waals surface area (Å²) in [5, 5.41) is 21.8. The lowest BCUT2D eigenvalue weighted by Gasteiger charge is -2.21. The molecule has 0 saturated carbocycles. The molecule has 324 valence electrons. The molecule has 0 aromatic heterocycles. The summed E-state index contributed by atoms with van der Waals surface area (Å²) in [7, 11) is 6.15. The molecule has 1 aliphatic rings.